The maximum absolute atomic E-state index is 14.4. The summed E-state index contributed by atoms with van der Waals surface area (Å²) in [5.74, 6) is -1.58. The Kier molecular flexibility index (Phi) is 9.72. The molecule has 2 aromatic rings. The zero-order valence-corrected chi connectivity index (χ0v) is 20.8. The van der Waals surface area contributed by atoms with Gasteiger partial charge >= 0.3 is 0 Å². The number of aliphatic hydroxyl groups excluding tert-OH is 1. The minimum Gasteiger partial charge on any atom is -0.506 e. The number of hydrogen-bond donors (Lipinski definition) is 4. The third-order valence-electron chi connectivity index (χ3n) is 5.75. The molecule has 3 rings (SSSR count). The molecule has 37 heavy (non-hydrogen) atoms. The van der Waals surface area contributed by atoms with Gasteiger partial charge in [-0.2, -0.15) is 0 Å². The van der Waals surface area contributed by atoms with Crippen LogP contribution in [0.15, 0.2) is 48.2 Å². The Morgan fingerprint density at radius 3 is 2.57 bits per heavy atom. The van der Waals surface area contributed by atoms with Gasteiger partial charge in [0.25, 0.3) is 5.91 Å². The van der Waals surface area contributed by atoms with Crippen LogP contribution in [0.5, 0.6) is 5.75 Å². The number of aliphatic hydroxyl groups is 1. The number of halogens is 1. The number of rotatable bonds is 11. The number of nitrogens with zero attached hydrogens (tertiary/aromatic N) is 1. The topological polar surface area (TPSA) is 151 Å². The van der Waals surface area contributed by atoms with E-state index in [4.69, 9.17) is 35.5 Å². The van der Waals surface area contributed by atoms with Gasteiger partial charge in [0.15, 0.2) is 11.6 Å². The predicted octanol–water partition coefficient (Wildman–Crippen LogP) is 2.80. The largest absolute Gasteiger partial charge is 0.506 e. The van der Waals surface area contributed by atoms with Crippen molar-refractivity contribution in [3.63, 3.8) is 0 Å². The summed E-state index contributed by atoms with van der Waals surface area (Å²) in [4.78, 5) is 14.7. The SMILES string of the molecule is COCCOc1cc(N)c(C(=N)/C(O)=C/C(=N)c2ccc(C(=O)N3CCOC[C@@H]3COC)cc2)cc1F. The zero-order chi connectivity index (χ0) is 26.9. The normalized spacial score (nSPS) is 15.9. The fourth-order valence-corrected chi connectivity index (χ4v) is 3.77. The number of methoxy groups -OCH3 is 2. The van der Waals surface area contributed by atoms with Crippen molar-refractivity contribution in [2.24, 2.45) is 0 Å². The number of anilines is 1. The molecule has 0 unspecified atom stereocenters. The molecule has 1 fully saturated rings. The van der Waals surface area contributed by atoms with Crippen LogP contribution < -0.4 is 10.5 Å². The molecule has 0 aliphatic carbocycles. The monoisotopic (exact) mass is 514 g/mol. The molecule has 198 valence electrons. The number of nitrogens with one attached hydrogen (secondary N) is 2. The van der Waals surface area contributed by atoms with Crippen molar-refractivity contribution in [3.05, 3.63) is 70.7 Å². The standard InChI is InChI=1S/C26H31FN4O6/c1-34-9-10-37-24-13-22(29)19(11-20(24)27)25(30)23(32)12-21(28)16-3-5-17(6-4-16)26(33)31-7-8-36-15-18(31)14-35-2/h3-6,11-13,18,28,30,32H,7-10,14-15,29H2,1-2H3/b23-12-,28-21?,30-25?/t18-/m0/s1. The minimum atomic E-state index is -0.749. The fraction of sp³-hybridized carbons (Fsp3) is 0.346. The molecular formula is C26H31FN4O6. The molecule has 1 atom stereocenters. The molecule has 0 spiro atoms. The second-order valence-corrected chi connectivity index (χ2v) is 8.29. The van der Waals surface area contributed by atoms with Crippen LogP contribution in [0.1, 0.15) is 21.5 Å². The van der Waals surface area contributed by atoms with Crippen LogP contribution in [-0.4, -0.2) is 87.2 Å². The number of carbonyl (C=O) groups excluding carboxylic acids is 1. The lowest BCUT2D eigenvalue weighted by Crippen LogP contribution is -2.50. The predicted molar refractivity (Wildman–Crippen MR) is 137 cm³/mol. The average molecular weight is 515 g/mol. The van der Waals surface area contributed by atoms with Gasteiger partial charge in [0.2, 0.25) is 0 Å². The van der Waals surface area contributed by atoms with Gasteiger partial charge in [0.1, 0.15) is 18.1 Å². The van der Waals surface area contributed by atoms with E-state index in [0.29, 0.717) is 37.5 Å². The number of carbonyl (C=O) groups is 1. The van der Waals surface area contributed by atoms with Crippen LogP contribution in [0, 0.1) is 16.6 Å². The van der Waals surface area contributed by atoms with E-state index in [-0.39, 0.29) is 47.9 Å². The maximum atomic E-state index is 14.4. The van der Waals surface area contributed by atoms with Gasteiger partial charge in [0, 0.05) is 49.7 Å². The maximum Gasteiger partial charge on any atom is 0.254 e. The van der Waals surface area contributed by atoms with Crippen LogP contribution in [0.2, 0.25) is 0 Å². The van der Waals surface area contributed by atoms with E-state index in [2.05, 4.69) is 0 Å². The molecule has 0 radical (unpaired) electrons. The second-order valence-electron chi connectivity index (χ2n) is 8.29. The number of hydrogen-bond acceptors (Lipinski definition) is 9. The summed E-state index contributed by atoms with van der Waals surface area (Å²) in [5, 5.41) is 27.0. The number of ether oxygens (including phenoxy) is 4. The van der Waals surface area contributed by atoms with Crippen LogP contribution in [0.25, 0.3) is 0 Å². The Morgan fingerprint density at radius 1 is 1.19 bits per heavy atom. The van der Waals surface area contributed by atoms with Gasteiger partial charge < -0.3 is 40.1 Å². The van der Waals surface area contributed by atoms with Crippen molar-refractivity contribution in [2.45, 2.75) is 6.04 Å². The van der Waals surface area contributed by atoms with E-state index in [1.165, 1.54) is 13.2 Å². The highest BCUT2D eigenvalue weighted by Gasteiger charge is 2.28. The van der Waals surface area contributed by atoms with E-state index < -0.39 is 17.3 Å². The van der Waals surface area contributed by atoms with Gasteiger partial charge in [-0.05, 0) is 23.8 Å². The van der Waals surface area contributed by atoms with Crippen molar-refractivity contribution in [2.75, 3.05) is 59.5 Å². The minimum absolute atomic E-state index is 0.0306. The summed E-state index contributed by atoms with van der Waals surface area (Å²) >= 11 is 0. The Hall–Kier alpha value is -3.80. The summed E-state index contributed by atoms with van der Waals surface area (Å²) < 4.78 is 35.2. The quantitative estimate of drug-likeness (QED) is 0.156. The zero-order valence-electron chi connectivity index (χ0n) is 20.8. The van der Waals surface area contributed by atoms with E-state index in [9.17, 15) is 14.3 Å². The lowest BCUT2D eigenvalue weighted by atomic mass is 10.0. The van der Waals surface area contributed by atoms with Gasteiger partial charge in [0.05, 0.1) is 38.2 Å². The van der Waals surface area contributed by atoms with Crippen molar-refractivity contribution in [3.8, 4) is 5.75 Å². The molecule has 1 saturated heterocycles. The van der Waals surface area contributed by atoms with Crippen LogP contribution >= 0.6 is 0 Å². The van der Waals surface area contributed by atoms with E-state index >= 15 is 0 Å². The Bertz CT molecular complexity index is 1170. The highest BCUT2D eigenvalue weighted by Crippen LogP contribution is 2.26. The molecule has 2 aromatic carbocycles. The molecule has 1 amide bonds. The summed E-state index contributed by atoms with van der Waals surface area (Å²) in [6, 6.07) is 8.39. The molecule has 11 heteroatoms. The first-order valence-electron chi connectivity index (χ1n) is 11.5. The van der Waals surface area contributed by atoms with Crippen LogP contribution in [0.4, 0.5) is 10.1 Å². The Balaban J connectivity index is 1.71. The fourth-order valence-electron chi connectivity index (χ4n) is 3.77. The van der Waals surface area contributed by atoms with Gasteiger partial charge in [-0.3, -0.25) is 10.2 Å². The summed E-state index contributed by atoms with van der Waals surface area (Å²) in [6.45, 7) is 2.05. The molecule has 0 bridgehead atoms. The van der Waals surface area contributed by atoms with Crippen molar-refractivity contribution >= 4 is 23.0 Å². The third kappa shape index (κ3) is 6.91. The molecule has 1 aliphatic heterocycles. The van der Waals surface area contributed by atoms with Crippen LogP contribution in [-0.2, 0) is 14.2 Å². The summed E-state index contributed by atoms with van der Waals surface area (Å²) in [5.41, 5.74) is 6.22. The number of amides is 1. The molecule has 10 nitrogen and oxygen atoms in total. The van der Waals surface area contributed by atoms with Crippen LogP contribution in [0.3, 0.4) is 0 Å². The number of nitrogens with two attached hydrogens (primary N) is 1. The molecule has 1 heterocycles. The first kappa shape index (κ1) is 27.8. The Morgan fingerprint density at radius 2 is 1.89 bits per heavy atom. The van der Waals surface area contributed by atoms with Crippen molar-refractivity contribution < 1.29 is 33.2 Å². The third-order valence-corrected chi connectivity index (χ3v) is 5.75. The smallest absolute Gasteiger partial charge is 0.254 e. The van der Waals surface area contributed by atoms with Crippen molar-refractivity contribution in [1.82, 2.24) is 4.90 Å². The number of allylic oxidation sites excluding steroid dienone is 2. The average Bonchev–Trinajstić information content (AvgIpc) is 2.90. The van der Waals surface area contributed by atoms with Crippen molar-refractivity contribution in [1.29, 1.82) is 10.8 Å². The number of nitrogen functional groups attached to an aromatic ring is 1. The summed E-state index contributed by atoms with van der Waals surface area (Å²) in [6.07, 6.45) is 1.07. The van der Waals surface area contributed by atoms with Gasteiger partial charge in [-0.15, -0.1) is 0 Å². The van der Waals surface area contributed by atoms with Gasteiger partial charge in [-0.25, -0.2) is 4.39 Å². The van der Waals surface area contributed by atoms with Gasteiger partial charge in [-0.1, -0.05) is 12.1 Å². The van der Waals surface area contributed by atoms with E-state index in [1.54, 1.807) is 36.3 Å². The summed E-state index contributed by atoms with van der Waals surface area (Å²) in [7, 11) is 3.06. The highest BCUT2D eigenvalue weighted by atomic mass is 19.1. The van der Waals surface area contributed by atoms with E-state index in [0.717, 1.165) is 12.1 Å². The molecule has 1 aliphatic rings. The first-order chi connectivity index (χ1) is 17.8. The molecule has 0 saturated carbocycles. The second kappa shape index (κ2) is 12.9. The number of benzene rings is 2. The van der Waals surface area contributed by atoms with E-state index in [1.807, 2.05) is 0 Å². The lowest BCUT2D eigenvalue weighted by molar-refractivity contribution is -0.0251. The number of morpholine rings is 1. The first-order valence-corrected chi connectivity index (χ1v) is 11.5. The molecule has 0 aromatic heterocycles. The molecule has 5 N–H and O–H groups in total. The highest BCUT2D eigenvalue weighted by molar-refractivity contribution is 6.17. The molecular weight excluding hydrogens is 483 g/mol. The Labute approximate surface area is 214 Å². The lowest BCUT2D eigenvalue weighted by Gasteiger charge is -2.35.